The van der Waals surface area contributed by atoms with Crippen molar-refractivity contribution in [1.29, 1.82) is 0 Å². The Morgan fingerprint density at radius 1 is 1.21 bits per heavy atom. The fraction of sp³-hybridized carbons (Fsp3) is 0.611. The second kappa shape index (κ2) is 7.15. The lowest BCUT2D eigenvalue weighted by Crippen LogP contribution is -2.36. The third kappa shape index (κ3) is 3.44. The Labute approximate surface area is 146 Å². The highest BCUT2D eigenvalue weighted by atomic mass is 32.1. The quantitative estimate of drug-likeness (QED) is 0.837. The van der Waals surface area contributed by atoms with Gasteiger partial charge in [-0.2, -0.15) is 5.10 Å². The van der Waals surface area contributed by atoms with E-state index >= 15 is 0 Å². The van der Waals surface area contributed by atoms with Crippen LogP contribution in [0.3, 0.4) is 0 Å². The Hall–Kier alpha value is -1.53. The number of aromatic nitrogens is 3. The van der Waals surface area contributed by atoms with Crippen molar-refractivity contribution in [3.8, 4) is 0 Å². The van der Waals surface area contributed by atoms with Gasteiger partial charge in [0, 0.05) is 36.1 Å². The average Bonchev–Trinajstić information content (AvgIpc) is 3.32. The minimum Gasteiger partial charge on any atom is -0.293 e. The molecule has 0 spiro atoms. The third-order valence-electron chi connectivity index (χ3n) is 5.31. The van der Waals surface area contributed by atoms with E-state index in [-0.39, 0.29) is 5.56 Å². The van der Waals surface area contributed by atoms with Gasteiger partial charge in [0.05, 0.1) is 17.2 Å². The van der Waals surface area contributed by atoms with Gasteiger partial charge in [0.1, 0.15) is 0 Å². The monoisotopic (exact) mass is 344 g/mol. The molecule has 4 rings (SSSR count). The second-order valence-electron chi connectivity index (χ2n) is 6.97. The van der Waals surface area contributed by atoms with Gasteiger partial charge in [0.2, 0.25) is 0 Å². The zero-order valence-corrected chi connectivity index (χ0v) is 14.7. The molecule has 0 N–H and O–H groups in total. The van der Waals surface area contributed by atoms with E-state index in [9.17, 15) is 4.79 Å². The maximum atomic E-state index is 11.9. The number of thiazole rings is 1. The maximum absolute atomic E-state index is 11.9. The molecule has 128 valence electrons. The fourth-order valence-corrected chi connectivity index (χ4v) is 4.98. The minimum absolute atomic E-state index is 0.0125. The predicted octanol–water partition coefficient (Wildman–Crippen LogP) is 3.02. The van der Waals surface area contributed by atoms with E-state index < -0.39 is 0 Å². The van der Waals surface area contributed by atoms with Crippen molar-refractivity contribution in [3.63, 3.8) is 0 Å². The topological polar surface area (TPSA) is 51.0 Å². The Morgan fingerprint density at radius 2 is 2.08 bits per heavy atom. The normalized spacial score (nSPS) is 22.4. The average molecular weight is 344 g/mol. The summed E-state index contributed by atoms with van der Waals surface area (Å²) in [4.78, 5) is 19.3. The number of hydrogen-bond donors (Lipinski definition) is 0. The SMILES string of the molecule is O=c1cccnn1CC1CCCN1Cc1csc(C2CCCC2)n1. The highest BCUT2D eigenvalue weighted by Gasteiger charge is 2.27. The zero-order valence-electron chi connectivity index (χ0n) is 13.9. The van der Waals surface area contributed by atoms with Gasteiger partial charge in [-0.1, -0.05) is 12.8 Å². The molecular formula is C18H24N4OS. The first-order chi connectivity index (χ1) is 11.8. The molecule has 1 atom stereocenters. The van der Waals surface area contributed by atoms with E-state index in [4.69, 9.17) is 4.98 Å². The van der Waals surface area contributed by atoms with Crippen LogP contribution < -0.4 is 5.56 Å². The van der Waals surface area contributed by atoms with Crippen LogP contribution in [0.4, 0.5) is 0 Å². The molecule has 0 amide bonds. The maximum Gasteiger partial charge on any atom is 0.266 e. The van der Waals surface area contributed by atoms with Crippen molar-refractivity contribution in [3.05, 3.63) is 44.8 Å². The van der Waals surface area contributed by atoms with Crippen LogP contribution >= 0.6 is 11.3 Å². The molecule has 0 aromatic carbocycles. The van der Waals surface area contributed by atoms with Crippen LogP contribution in [0.15, 0.2) is 28.5 Å². The molecule has 1 aliphatic carbocycles. The second-order valence-corrected chi connectivity index (χ2v) is 7.86. The van der Waals surface area contributed by atoms with Crippen molar-refractivity contribution < 1.29 is 0 Å². The molecule has 0 bridgehead atoms. The van der Waals surface area contributed by atoms with E-state index in [1.807, 2.05) is 11.3 Å². The number of likely N-dealkylation sites (tertiary alicyclic amines) is 1. The largest absolute Gasteiger partial charge is 0.293 e. The molecule has 1 unspecified atom stereocenters. The molecule has 1 aliphatic heterocycles. The van der Waals surface area contributed by atoms with Gasteiger partial charge in [0.25, 0.3) is 5.56 Å². The summed E-state index contributed by atoms with van der Waals surface area (Å²) in [6, 6.07) is 3.67. The number of rotatable bonds is 5. The van der Waals surface area contributed by atoms with Gasteiger partial charge in [-0.15, -0.1) is 11.3 Å². The molecule has 1 saturated carbocycles. The van der Waals surface area contributed by atoms with E-state index in [2.05, 4.69) is 15.4 Å². The summed E-state index contributed by atoms with van der Waals surface area (Å²) < 4.78 is 1.59. The summed E-state index contributed by atoms with van der Waals surface area (Å²) in [6.07, 6.45) is 9.33. The van der Waals surface area contributed by atoms with E-state index in [0.717, 1.165) is 19.5 Å². The molecule has 2 aliphatic rings. The van der Waals surface area contributed by atoms with Gasteiger partial charge in [-0.3, -0.25) is 9.69 Å². The Kier molecular flexibility index (Phi) is 4.76. The molecule has 2 aromatic heterocycles. The standard InChI is InChI=1S/C18H24N4OS/c23-17-8-3-9-19-22(17)12-16-7-4-10-21(16)11-15-13-24-18(20-15)14-5-1-2-6-14/h3,8-9,13-14,16H,1-2,4-7,10-12H2. The first-order valence-corrected chi connectivity index (χ1v) is 9.88. The molecule has 24 heavy (non-hydrogen) atoms. The lowest BCUT2D eigenvalue weighted by Gasteiger charge is -2.23. The molecular weight excluding hydrogens is 320 g/mol. The van der Waals surface area contributed by atoms with Crippen molar-refractivity contribution >= 4 is 11.3 Å². The van der Waals surface area contributed by atoms with Crippen LogP contribution in [0.25, 0.3) is 0 Å². The Balaban J connectivity index is 1.42. The van der Waals surface area contributed by atoms with Gasteiger partial charge >= 0.3 is 0 Å². The van der Waals surface area contributed by atoms with Crippen LogP contribution in [-0.4, -0.2) is 32.3 Å². The smallest absolute Gasteiger partial charge is 0.266 e. The van der Waals surface area contributed by atoms with Crippen molar-refractivity contribution in [2.24, 2.45) is 0 Å². The van der Waals surface area contributed by atoms with Crippen LogP contribution in [0.5, 0.6) is 0 Å². The molecule has 1 saturated heterocycles. The van der Waals surface area contributed by atoms with Gasteiger partial charge in [-0.25, -0.2) is 9.67 Å². The van der Waals surface area contributed by atoms with Crippen LogP contribution in [-0.2, 0) is 13.1 Å². The molecule has 2 fully saturated rings. The summed E-state index contributed by atoms with van der Waals surface area (Å²) in [5.41, 5.74) is 1.18. The summed E-state index contributed by atoms with van der Waals surface area (Å²) in [6.45, 7) is 2.66. The third-order valence-corrected chi connectivity index (χ3v) is 6.36. The summed E-state index contributed by atoms with van der Waals surface area (Å²) in [7, 11) is 0. The Morgan fingerprint density at radius 3 is 2.92 bits per heavy atom. The van der Waals surface area contributed by atoms with Gasteiger partial charge < -0.3 is 0 Å². The van der Waals surface area contributed by atoms with E-state index in [0.29, 0.717) is 18.5 Å². The lowest BCUT2D eigenvalue weighted by atomic mass is 10.1. The first-order valence-electron chi connectivity index (χ1n) is 9.00. The van der Waals surface area contributed by atoms with Crippen LogP contribution in [0, 0.1) is 0 Å². The number of hydrogen-bond acceptors (Lipinski definition) is 5. The lowest BCUT2D eigenvalue weighted by molar-refractivity contribution is 0.214. The highest BCUT2D eigenvalue weighted by molar-refractivity contribution is 7.09. The molecule has 0 radical (unpaired) electrons. The van der Waals surface area contributed by atoms with Gasteiger partial charge in [0.15, 0.2) is 0 Å². The fourth-order valence-electron chi connectivity index (χ4n) is 4.00. The van der Waals surface area contributed by atoms with Gasteiger partial charge in [-0.05, 0) is 38.3 Å². The summed E-state index contributed by atoms with van der Waals surface area (Å²) in [5, 5.41) is 7.77. The number of nitrogens with zero attached hydrogens (tertiary/aromatic N) is 4. The van der Waals surface area contributed by atoms with Crippen molar-refractivity contribution in [2.75, 3.05) is 6.54 Å². The highest BCUT2D eigenvalue weighted by Crippen LogP contribution is 2.35. The van der Waals surface area contributed by atoms with Crippen LogP contribution in [0.1, 0.15) is 55.1 Å². The summed E-state index contributed by atoms with van der Waals surface area (Å²) in [5.74, 6) is 0.699. The first kappa shape index (κ1) is 16.0. The molecule has 3 heterocycles. The molecule has 2 aromatic rings. The van der Waals surface area contributed by atoms with Crippen molar-refractivity contribution in [1.82, 2.24) is 19.7 Å². The zero-order chi connectivity index (χ0) is 16.4. The molecule has 5 nitrogen and oxygen atoms in total. The minimum atomic E-state index is -0.0125. The predicted molar refractivity (Wildman–Crippen MR) is 95.3 cm³/mol. The van der Waals surface area contributed by atoms with E-state index in [1.54, 1.807) is 23.0 Å². The Bertz CT molecular complexity index is 734. The van der Waals surface area contributed by atoms with Crippen molar-refractivity contribution in [2.45, 2.75) is 63.6 Å². The summed E-state index contributed by atoms with van der Waals surface area (Å²) >= 11 is 1.83. The van der Waals surface area contributed by atoms with E-state index in [1.165, 1.54) is 42.8 Å². The molecule has 6 heteroatoms. The van der Waals surface area contributed by atoms with Crippen LogP contribution in [0.2, 0.25) is 0 Å².